The molecule has 9 heteroatoms. The van der Waals surface area contributed by atoms with Crippen molar-refractivity contribution in [2.24, 2.45) is 12.0 Å². The van der Waals surface area contributed by atoms with Gasteiger partial charge in [-0.3, -0.25) is 19.6 Å². The summed E-state index contributed by atoms with van der Waals surface area (Å²) < 4.78 is 3.54. The molecule has 0 bridgehead atoms. The highest BCUT2D eigenvalue weighted by Crippen LogP contribution is 2.32. The molecule has 1 aromatic heterocycles. The molecule has 3 aromatic rings. The normalized spacial score (nSPS) is 11.2. The molecule has 0 amide bonds. The Morgan fingerprint density at radius 3 is 2.56 bits per heavy atom. The van der Waals surface area contributed by atoms with Crippen LogP contribution >= 0.6 is 22.6 Å². The van der Waals surface area contributed by atoms with Crippen molar-refractivity contribution in [1.82, 2.24) is 9.36 Å². The Hall–Kier alpha value is -2.95. The Bertz CT molecular complexity index is 1120. The van der Waals surface area contributed by atoms with Crippen molar-refractivity contribution in [1.29, 1.82) is 0 Å². The lowest BCUT2D eigenvalue weighted by molar-refractivity contribution is -0.386. The van der Waals surface area contributed by atoms with Crippen molar-refractivity contribution in [3.63, 3.8) is 0 Å². The van der Waals surface area contributed by atoms with E-state index in [9.17, 15) is 20.0 Å². The third kappa shape index (κ3) is 3.50. The van der Waals surface area contributed by atoms with E-state index >= 15 is 0 Å². The van der Waals surface area contributed by atoms with Crippen LogP contribution in [0.15, 0.2) is 52.3 Å². The first kappa shape index (κ1) is 18.8. The molecule has 27 heavy (non-hydrogen) atoms. The molecule has 2 aromatic carbocycles. The molecule has 0 saturated carbocycles. The molecule has 0 fully saturated rings. The van der Waals surface area contributed by atoms with Crippen LogP contribution in [0, 0.1) is 20.6 Å². The summed E-state index contributed by atoms with van der Waals surface area (Å²) in [6.07, 6.45) is 1.38. The van der Waals surface area contributed by atoms with Crippen LogP contribution in [-0.4, -0.2) is 25.6 Å². The van der Waals surface area contributed by atoms with Crippen molar-refractivity contribution in [3.05, 3.63) is 77.8 Å². The molecule has 0 spiro atoms. The van der Waals surface area contributed by atoms with Crippen LogP contribution < -0.4 is 5.56 Å². The lowest BCUT2D eigenvalue weighted by Gasteiger charge is -2.07. The average Bonchev–Trinajstić information content (AvgIpc) is 2.85. The van der Waals surface area contributed by atoms with Crippen molar-refractivity contribution in [2.75, 3.05) is 0 Å². The molecule has 0 saturated heterocycles. The van der Waals surface area contributed by atoms with Crippen molar-refractivity contribution in [2.45, 2.75) is 6.92 Å². The predicted octanol–water partition coefficient (Wildman–Crippen LogP) is 3.45. The van der Waals surface area contributed by atoms with Crippen LogP contribution in [0.5, 0.6) is 5.75 Å². The number of rotatable bonds is 4. The Morgan fingerprint density at radius 2 is 1.93 bits per heavy atom. The fraction of sp³-hybridized carbons (Fsp3) is 0.111. The molecule has 1 heterocycles. The second kappa shape index (κ2) is 7.35. The highest BCUT2D eigenvalue weighted by Gasteiger charge is 2.18. The minimum Gasteiger partial charge on any atom is -0.501 e. The Labute approximate surface area is 167 Å². The number of hydrogen-bond acceptors (Lipinski definition) is 5. The summed E-state index contributed by atoms with van der Waals surface area (Å²) in [5.41, 5.74) is 1.33. The molecule has 0 atom stereocenters. The van der Waals surface area contributed by atoms with Gasteiger partial charge in [0.05, 0.1) is 19.9 Å². The van der Waals surface area contributed by atoms with Crippen LogP contribution in [-0.2, 0) is 7.05 Å². The number of aliphatic imine (C=N–C) groups is 1. The fourth-order valence-electron chi connectivity index (χ4n) is 2.66. The zero-order valence-corrected chi connectivity index (χ0v) is 16.6. The Kier molecular flexibility index (Phi) is 5.13. The highest BCUT2D eigenvalue weighted by molar-refractivity contribution is 14.1. The number of nitro groups is 1. The summed E-state index contributed by atoms with van der Waals surface area (Å²) >= 11 is 1.81. The van der Waals surface area contributed by atoms with Crippen LogP contribution in [0.25, 0.3) is 5.69 Å². The molecule has 138 valence electrons. The summed E-state index contributed by atoms with van der Waals surface area (Å²) in [7, 11) is 1.76. The number of para-hydroxylation sites is 1. The van der Waals surface area contributed by atoms with Crippen LogP contribution in [0.4, 0.5) is 11.4 Å². The van der Waals surface area contributed by atoms with Gasteiger partial charge in [0.1, 0.15) is 0 Å². The molecule has 0 aliphatic heterocycles. The summed E-state index contributed by atoms with van der Waals surface area (Å²) in [5.74, 6) is -0.389. The van der Waals surface area contributed by atoms with Gasteiger partial charge >= 0.3 is 5.69 Å². The number of nitrogens with zero attached hydrogens (tertiary/aromatic N) is 4. The lowest BCUT2D eigenvalue weighted by Crippen LogP contribution is -2.19. The standard InChI is InChI=1S/C18H15IN4O4/c1-11-16(18(25)22(21(11)2)13-6-4-3-5-7-13)20-10-12-8-14(19)17(24)15(9-12)23(26)27/h3-10,24H,1-2H3. The highest BCUT2D eigenvalue weighted by atomic mass is 127. The largest absolute Gasteiger partial charge is 0.501 e. The van der Waals surface area contributed by atoms with E-state index in [1.54, 1.807) is 24.7 Å². The molecular formula is C18H15IN4O4. The van der Waals surface area contributed by atoms with E-state index in [1.165, 1.54) is 17.0 Å². The van der Waals surface area contributed by atoms with Gasteiger partial charge in [-0.05, 0) is 47.7 Å². The van der Waals surface area contributed by atoms with E-state index in [4.69, 9.17) is 0 Å². The van der Waals surface area contributed by atoms with E-state index in [-0.39, 0.29) is 17.0 Å². The monoisotopic (exact) mass is 478 g/mol. The molecule has 8 nitrogen and oxygen atoms in total. The van der Waals surface area contributed by atoms with Gasteiger partial charge in [0.2, 0.25) is 5.75 Å². The van der Waals surface area contributed by atoms with Gasteiger partial charge in [-0.25, -0.2) is 9.67 Å². The van der Waals surface area contributed by atoms with E-state index in [0.717, 1.165) is 0 Å². The van der Waals surface area contributed by atoms with E-state index < -0.39 is 10.6 Å². The Balaban J connectivity index is 2.07. The van der Waals surface area contributed by atoms with Gasteiger partial charge in [0.25, 0.3) is 5.56 Å². The first-order valence-corrected chi connectivity index (χ1v) is 8.94. The second-order valence-corrected chi connectivity index (χ2v) is 6.96. The van der Waals surface area contributed by atoms with Crippen molar-refractivity contribution < 1.29 is 10.0 Å². The predicted molar refractivity (Wildman–Crippen MR) is 110 cm³/mol. The van der Waals surface area contributed by atoms with Crippen LogP contribution in [0.2, 0.25) is 0 Å². The zero-order chi connectivity index (χ0) is 19.7. The smallest absolute Gasteiger partial charge is 0.312 e. The molecule has 3 rings (SSSR count). The number of phenolic OH excluding ortho intramolecular Hbond substituents is 1. The van der Waals surface area contributed by atoms with Crippen molar-refractivity contribution >= 4 is 40.2 Å². The van der Waals surface area contributed by atoms with Gasteiger partial charge in [0.15, 0.2) is 5.69 Å². The third-order valence-electron chi connectivity index (χ3n) is 4.13. The average molecular weight is 478 g/mol. The van der Waals surface area contributed by atoms with E-state index in [2.05, 4.69) is 4.99 Å². The van der Waals surface area contributed by atoms with Crippen LogP contribution in [0.1, 0.15) is 11.3 Å². The second-order valence-electron chi connectivity index (χ2n) is 5.80. The van der Waals surface area contributed by atoms with E-state index in [1.807, 2.05) is 52.9 Å². The summed E-state index contributed by atoms with van der Waals surface area (Å²) in [6, 6.07) is 12.0. The minimum absolute atomic E-state index is 0.243. The minimum atomic E-state index is -0.662. The lowest BCUT2D eigenvalue weighted by atomic mass is 10.2. The summed E-state index contributed by atoms with van der Waals surface area (Å²) in [4.78, 5) is 27.5. The fourth-order valence-corrected chi connectivity index (χ4v) is 3.30. The molecule has 0 aliphatic carbocycles. The maximum Gasteiger partial charge on any atom is 0.312 e. The number of nitro benzene ring substituents is 1. The molecule has 1 N–H and O–H groups in total. The summed E-state index contributed by atoms with van der Waals surface area (Å²) in [6.45, 7) is 1.77. The number of aromatic nitrogens is 2. The number of aromatic hydroxyl groups is 1. The topological polar surface area (TPSA) is 103 Å². The molecule has 0 radical (unpaired) electrons. The van der Waals surface area contributed by atoms with Crippen molar-refractivity contribution in [3.8, 4) is 11.4 Å². The quantitative estimate of drug-likeness (QED) is 0.269. The first-order chi connectivity index (χ1) is 12.8. The van der Waals surface area contributed by atoms with Crippen LogP contribution in [0.3, 0.4) is 0 Å². The molecule has 0 aliphatic rings. The number of phenols is 1. The summed E-state index contributed by atoms with van der Waals surface area (Å²) in [5, 5.41) is 20.8. The third-order valence-corrected chi connectivity index (χ3v) is 4.95. The van der Waals surface area contributed by atoms with Gasteiger partial charge in [-0.2, -0.15) is 0 Å². The molecular weight excluding hydrogens is 463 g/mol. The maximum absolute atomic E-state index is 12.8. The van der Waals surface area contributed by atoms with Gasteiger partial charge in [0, 0.05) is 24.9 Å². The number of halogens is 1. The first-order valence-electron chi connectivity index (χ1n) is 7.86. The van der Waals surface area contributed by atoms with Gasteiger partial charge < -0.3 is 5.11 Å². The maximum atomic E-state index is 12.8. The number of benzene rings is 2. The SMILES string of the molecule is Cc1c(N=Cc2cc(I)c(O)c([N+](=O)[O-])c2)c(=O)n(-c2ccccc2)n1C. The number of hydrogen-bond donors (Lipinski definition) is 1. The van der Waals surface area contributed by atoms with E-state index in [0.29, 0.717) is 20.5 Å². The zero-order valence-electron chi connectivity index (χ0n) is 14.5. The Morgan fingerprint density at radius 1 is 1.26 bits per heavy atom. The van der Waals surface area contributed by atoms with Gasteiger partial charge in [-0.15, -0.1) is 0 Å². The molecule has 0 unspecified atom stereocenters. The van der Waals surface area contributed by atoms with Gasteiger partial charge in [-0.1, -0.05) is 18.2 Å².